The quantitative estimate of drug-likeness (QED) is 0.669. The van der Waals surface area contributed by atoms with Crippen molar-refractivity contribution in [3.05, 3.63) is 48.0 Å². The van der Waals surface area contributed by atoms with Gasteiger partial charge in [0.05, 0.1) is 12.7 Å². The molecule has 0 aromatic heterocycles. The van der Waals surface area contributed by atoms with Crippen molar-refractivity contribution >= 4 is 17.4 Å². The first-order chi connectivity index (χ1) is 15.6. The monoisotopic (exact) mass is 433 g/mol. The molecule has 0 spiro atoms. The summed E-state index contributed by atoms with van der Waals surface area (Å²) >= 11 is 0. The minimum absolute atomic E-state index is 0.141. The van der Waals surface area contributed by atoms with Crippen LogP contribution in [-0.2, 0) is 4.79 Å². The summed E-state index contributed by atoms with van der Waals surface area (Å²) in [5, 5.41) is 0. The zero-order chi connectivity index (χ0) is 22.1. The van der Waals surface area contributed by atoms with Crippen LogP contribution in [0, 0.1) is 5.92 Å². The highest BCUT2D eigenvalue weighted by molar-refractivity contribution is 6.04. The van der Waals surface area contributed by atoms with E-state index < -0.39 is 0 Å². The Morgan fingerprint density at radius 1 is 1.06 bits per heavy atom. The van der Waals surface area contributed by atoms with Crippen LogP contribution >= 0.6 is 0 Å². The molecule has 2 aromatic carbocycles. The molecular weight excluding hydrogens is 402 g/mol. The van der Waals surface area contributed by atoms with Gasteiger partial charge in [-0.15, -0.1) is 0 Å². The number of hydrogen-bond donors (Lipinski definition) is 0. The number of carbonyl (C=O) groups excluding carboxylic acids is 1. The molecule has 0 N–H and O–H groups in total. The summed E-state index contributed by atoms with van der Waals surface area (Å²) in [6, 6.07) is 13.9. The predicted molar refractivity (Wildman–Crippen MR) is 125 cm³/mol. The molecule has 1 atom stereocenters. The zero-order valence-corrected chi connectivity index (χ0v) is 18.9. The van der Waals surface area contributed by atoms with Crippen molar-refractivity contribution in [2.75, 3.05) is 26.7 Å². The zero-order valence-electron chi connectivity index (χ0n) is 18.9. The average Bonchev–Trinajstić information content (AvgIpc) is 3.00. The van der Waals surface area contributed by atoms with Gasteiger partial charge in [-0.2, -0.15) is 0 Å². The van der Waals surface area contributed by atoms with Crippen molar-refractivity contribution in [2.24, 2.45) is 10.9 Å². The van der Waals surface area contributed by atoms with Crippen LogP contribution in [0.4, 0.5) is 5.69 Å². The Labute approximate surface area is 189 Å². The van der Waals surface area contributed by atoms with Gasteiger partial charge >= 0.3 is 0 Å². The SMILES string of the molecule is COc1ccc2c(c1)Oc1ccccc1N=C2N1CCN(C(=O)C2CCCCC2)C(C)C1. The summed E-state index contributed by atoms with van der Waals surface area (Å²) in [5.74, 6) is 3.67. The van der Waals surface area contributed by atoms with Gasteiger partial charge in [-0.05, 0) is 44.0 Å². The number of benzene rings is 2. The van der Waals surface area contributed by atoms with Crippen molar-refractivity contribution < 1.29 is 14.3 Å². The summed E-state index contributed by atoms with van der Waals surface area (Å²) in [7, 11) is 1.66. The van der Waals surface area contributed by atoms with E-state index in [4.69, 9.17) is 14.5 Å². The second kappa shape index (κ2) is 8.85. The van der Waals surface area contributed by atoms with Crippen molar-refractivity contribution in [2.45, 2.75) is 45.1 Å². The number of methoxy groups -OCH3 is 1. The third-order valence-electron chi connectivity index (χ3n) is 6.91. The molecule has 1 unspecified atom stereocenters. The summed E-state index contributed by atoms with van der Waals surface area (Å²) < 4.78 is 11.7. The Morgan fingerprint density at radius 3 is 2.66 bits per heavy atom. The minimum Gasteiger partial charge on any atom is -0.497 e. The fourth-order valence-electron chi connectivity index (χ4n) is 5.13. The predicted octanol–water partition coefficient (Wildman–Crippen LogP) is 4.99. The molecular formula is C26H31N3O3. The molecule has 0 bridgehead atoms. The van der Waals surface area contributed by atoms with Crippen LogP contribution in [0.1, 0.15) is 44.6 Å². The summed E-state index contributed by atoms with van der Waals surface area (Å²) in [4.78, 5) is 22.6. The first kappa shape index (κ1) is 20.9. The molecule has 1 aliphatic carbocycles. The smallest absolute Gasteiger partial charge is 0.226 e. The lowest BCUT2D eigenvalue weighted by Crippen LogP contribution is -2.56. The number of ether oxygens (including phenoxy) is 2. The number of rotatable bonds is 2. The highest BCUT2D eigenvalue weighted by Crippen LogP contribution is 2.39. The van der Waals surface area contributed by atoms with Gasteiger partial charge in [0.2, 0.25) is 5.91 Å². The topological polar surface area (TPSA) is 54.4 Å². The standard InChI is InChI=1S/C26H31N3O3/c1-18-17-28(14-15-29(18)26(30)19-8-4-3-5-9-19)25-21-13-12-20(31-2)16-24(21)32-23-11-7-6-10-22(23)27-25/h6-7,10-13,16,18-19H,3-5,8-9,14-15,17H2,1-2H3. The lowest BCUT2D eigenvalue weighted by molar-refractivity contribution is -0.140. The van der Waals surface area contributed by atoms with E-state index in [1.54, 1.807) is 7.11 Å². The lowest BCUT2D eigenvalue weighted by Gasteiger charge is -2.43. The van der Waals surface area contributed by atoms with Crippen LogP contribution in [-0.4, -0.2) is 54.3 Å². The maximum absolute atomic E-state index is 13.2. The van der Waals surface area contributed by atoms with E-state index >= 15 is 0 Å². The molecule has 6 heteroatoms. The molecule has 2 aromatic rings. The number of fused-ring (bicyclic) bond motifs is 2. The van der Waals surface area contributed by atoms with Crippen LogP contribution in [0.2, 0.25) is 0 Å². The lowest BCUT2D eigenvalue weighted by atomic mass is 9.87. The molecule has 5 rings (SSSR count). The van der Waals surface area contributed by atoms with E-state index in [2.05, 4.69) is 16.7 Å². The number of amides is 1. The first-order valence-corrected chi connectivity index (χ1v) is 11.7. The number of para-hydroxylation sites is 2. The van der Waals surface area contributed by atoms with Gasteiger partial charge in [0.1, 0.15) is 23.0 Å². The minimum atomic E-state index is 0.141. The number of piperazine rings is 1. The first-order valence-electron chi connectivity index (χ1n) is 11.7. The van der Waals surface area contributed by atoms with Gasteiger partial charge in [0.25, 0.3) is 0 Å². The number of nitrogens with zero attached hydrogens (tertiary/aromatic N) is 3. The summed E-state index contributed by atoms with van der Waals surface area (Å²) in [5.41, 5.74) is 1.76. The van der Waals surface area contributed by atoms with Crippen molar-refractivity contribution in [1.82, 2.24) is 9.80 Å². The third-order valence-corrected chi connectivity index (χ3v) is 6.91. The van der Waals surface area contributed by atoms with Crippen LogP contribution in [0.3, 0.4) is 0 Å². The van der Waals surface area contributed by atoms with E-state index in [1.165, 1.54) is 19.3 Å². The van der Waals surface area contributed by atoms with Gasteiger partial charge in [-0.3, -0.25) is 4.79 Å². The molecule has 32 heavy (non-hydrogen) atoms. The van der Waals surface area contributed by atoms with Gasteiger partial charge < -0.3 is 19.3 Å². The van der Waals surface area contributed by atoms with E-state index in [1.807, 2.05) is 42.5 Å². The molecule has 2 heterocycles. The molecule has 0 radical (unpaired) electrons. The van der Waals surface area contributed by atoms with Crippen LogP contribution in [0.15, 0.2) is 47.5 Å². The molecule has 2 aliphatic heterocycles. The highest BCUT2D eigenvalue weighted by Gasteiger charge is 2.34. The van der Waals surface area contributed by atoms with E-state index in [0.717, 1.165) is 66.8 Å². The molecule has 1 saturated carbocycles. The fraction of sp³-hybridized carbons (Fsp3) is 0.462. The maximum Gasteiger partial charge on any atom is 0.226 e. The Bertz CT molecular complexity index is 1030. The van der Waals surface area contributed by atoms with Crippen molar-refractivity contribution in [3.8, 4) is 17.2 Å². The van der Waals surface area contributed by atoms with Crippen molar-refractivity contribution in [1.29, 1.82) is 0 Å². The summed E-state index contributed by atoms with van der Waals surface area (Å²) in [6.07, 6.45) is 5.71. The molecule has 168 valence electrons. The second-order valence-corrected chi connectivity index (χ2v) is 9.03. The number of carbonyl (C=O) groups is 1. The van der Waals surface area contributed by atoms with E-state index in [-0.39, 0.29) is 12.0 Å². The highest BCUT2D eigenvalue weighted by atomic mass is 16.5. The maximum atomic E-state index is 13.2. The van der Waals surface area contributed by atoms with Crippen LogP contribution in [0.5, 0.6) is 17.2 Å². The van der Waals surface area contributed by atoms with E-state index in [0.29, 0.717) is 5.91 Å². The summed E-state index contributed by atoms with van der Waals surface area (Å²) in [6.45, 7) is 4.40. The Balaban J connectivity index is 1.43. The number of amidine groups is 1. The molecule has 3 aliphatic rings. The number of aliphatic imine (C=N–C) groups is 1. The molecule has 1 saturated heterocycles. The Morgan fingerprint density at radius 2 is 1.88 bits per heavy atom. The normalized spacial score (nSPS) is 21.1. The van der Waals surface area contributed by atoms with Crippen LogP contribution < -0.4 is 9.47 Å². The Hall–Kier alpha value is -3.02. The number of hydrogen-bond acceptors (Lipinski definition) is 5. The molecule has 2 fully saturated rings. The average molecular weight is 434 g/mol. The fourth-order valence-corrected chi connectivity index (χ4v) is 5.13. The Kier molecular flexibility index (Phi) is 5.77. The molecule has 6 nitrogen and oxygen atoms in total. The van der Waals surface area contributed by atoms with Gasteiger partial charge in [-0.1, -0.05) is 31.4 Å². The van der Waals surface area contributed by atoms with Crippen LogP contribution in [0.25, 0.3) is 0 Å². The van der Waals surface area contributed by atoms with Gasteiger partial charge in [0.15, 0.2) is 5.75 Å². The van der Waals surface area contributed by atoms with E-state index in [9.17, 15) is 4.79 Å². The third kappa shape index (κ3) is 3.94. The molecule has 1 amide bonds. The second-order valence-electron chi connectivity index (χ2n) is 9.03. The van der Waals surface area contributed by atoms with Gasteiger partial charge in [-0.25, -0.2) is 4.99 Å². The van der Waals surface area contributed by atoms with Crippen molar-refractivity contribution in [3.63, 3.8) is 0 Å². The largest absolute Gasteiger partial charge is 0.497 e. The van der Waals surface area contributed by atoms with Gasteiger partial charge in [0, 0.05) is 37.7 Å².